The Balaban J connectivity index is 1.84. The second-order valence-electron chi connectivity index (χ2n) is 3.88. The molecule has 1 heterocycles. The zero-order valence-corrected chi connectivity index (χ0v) is 12.0. The standard InChI is InChI=1S/C14H12ClNO3S/c15-10-2-1-3-11(8-10)19-7-6-13-16-9-12(20-13)4-5-14(17)18/h1-5,8-9H,6-7H2,(H,17,18)/b5-4+. The highest BCUT2D eigenvalue weighted by Crippen LogP contribution is 2.18. The summed E-state index contributed by atoms with van der Waals surface area (Å²) >= 11 is 7.30. The molecular formula is C14H12ClNO3S. The maximum atomic E-state index is 10.4. The minimum absolute atomic E-state index is 0.496. The van der Waals surface area contributed by atoms with Crippen molar-refractivity contribution in [2.45, 2.75) is 6.42 Å². The van der Waals surface area contributed by atoms with Crippen molar-refractivity contribution in [3.8, 4) is 5.75 Å². The van der Waals surface area contributed by atoms with E-state index in [0.29, 0.717) is 18.1 Å². The fourth-order valence-electron chi connectivity index (χ4n) is 1.48. The number of aromatic nitrogens is 1. The van der Waals surface area contributed by atoms with E-state index >= 15 is 0 Å². The van der Waals surface area contributed by atoms with Crippen LogP contribution in [-0.2, 0) is 11.2 Å². The van der Waals surface area contributed by atoms with E-state index in [0.717, 1.165) is 21.7 Å². The van der Waals surface area contributed by atoms with E-state index in [-0.39, 0.29) is 0 Å². The Morgan fingerprint density at radius 2 is 2.35 bits per heavy atom. The second-order valence-corrected chi connectivity index (χ2v) is 5.47. The third-order valence-electron chi connectivity index (χ3n) is 2.34. The van der Waals surface area contributed by atoms with Gasteiger partial charge in [0.2, 0.25) is 0 Å². The number of carboxylic acids is 1. The van der Waals surface area contributed by atoms with Crippen LogP contribution in [0.2, 0.25) is 5.02 Å². The molecule has 0 atom stereocenters. The number of carbonyl (C=O) groups is 1. The van der Waals surface area contributed by atoms with Crippen LogP contribution in [0.5, 0.6) is 5.75 Å². The van der Waals surface area contributed by atoms with Gasteiger partial charge in [0.15, 0.2) is 0 Å². The summed E-state index contributed by atoms with van der Waals surface area (Å²) in [5.41, 5.74) is 0. The Labute approximate surface area is 125 Å². The Bertz CT molecular complexity index is 624. The van der Waals surface area contributed by atoms with Crippen molar-refractivity contribution in [2.24, 2.45) is 0 Å². The van der Waals surface area contributed by atoms with E-state index in [1.165, 1.54) is 17.4 Å². The summed E-state index contributed by atoms with van der Waals surface area (Å²) in [6.45, 7) is 0.496. The van der Waals surface area contributed by atoms with Gasteiger partial charge in [-0.1, -0.05) is 17.7 Å². The Hall–Kier alpha value is -1.85. The molecule has 2 aromatic rings. The number of ether oxygens (including phenoxy) is 1. The molecule has 1 N–H and O–H groups in total. The van der Waals surface area contributed by atoms with Crippen molar-refractivity contribution in [3.63, 3.8) is 0 Å². The van der Waals surface area contributed by atoms with Gasteiger partial charge in [-0.3, -0.25) is 0 Å². The highest BCUT2D eigenvalue weighted by Gasteiger charge is 2.01. The fourth-order valence-corrected chi connectivity index (χ4v) is 2.47. The molecule has 20 heavy (non-hydrogen) atoms. The van der Waals surface area contributed by atoms with Crippen LogP contribution in [0, 0.1) is 0 Å². The summed E-state index contributed by atoms with van der Waals surface area (Å²) in [6.07, 6.45) is 4.94. The molecular weight excluding hydrogens is 298 g/mol. The number of rotatable bonds is 6. The first kappa shape index (κ1) is 14.6. The van der Waals surface area contributed by atoms with Crippen LogP contribution in [0.1, 0.15) is 9.88 Å². The minimum atomic E-state index is -0.968. The zero-order valence-electron chi connectivity index (χ0n) is 10.5. The number of nitrogens with zero attached hydrogens (tertiary/aromatic N) is 1. The molecule has 0 spiro atoms. The number of hydrogen-bond acceptors (Lipinski definition) is 4. The number of carboxylic acid groups (broad SMARTS) is 1. The van der Waals surface area contributed by atoms with E-state index in [1.54, 1.807) is 18.3 Å². The SMILES string of the molecule is O=C(O)/C=C/c1cnc(CCOc2cccc(Cl)c2)s1. The highest BCUT2D eigenvalue weighted by atomic mass is 35.5. The molecule has 0 aliphatic rings. The summed E-state index contributed by atoms with van der Waals surface area (Å²) in [7, 11) is 0. The maximum Gasteiger partial charge on any atom is 0.328 e. The van der Waals surface area contributed by atoms with Crippen LogP contribution in [0.25, 0.3) is 6.08 Å². The van der Waals surface area contributed by atoms with Crippen LogP contribution >= 0.6 is 22.9 Å². The Morgan fingerprint density at radius 1 is 1.50 bits per heavy atom. The van der Waals surface area contributed by atoms with Crippen molar-refractivity contribution in [1.82, 2.24) is 4.98 Å². The fraction of sp³-hybridized carbons (Fsp3) is 0.143. The molecule has 0 aliphatic heterocycles. The van der Waals surface area contributed by atoms with Gasteiger partial charge in [0, 0.05) is 28.6 Å². The number of thiazole rings is 1. The summed E-state index contributed by atoms with van der Waals surface area (Å²) in [4.78, 5) is 15.4. The molecule has 0 unspecified atom stereocenters. The number of hydrogen-bond donors (Lipinski definition) is 1. The van der Waals surface area contributed by atoms with E-state index < -0.39 is 5.97 Å². The molecule has 0 fully saturated rings. The monoisotopic (exact) mass is 309 g/mol. The Kier molecular flexibility index (Phi) is 5.15. The van der Waals surface area contributed by atoms with Gasteiger partial charge in [0.1, 0.15) is 5.75 Å². The third-order valence-corrected chi connectivity index (χ3v) is 3.60. The van der Waals surface area contributed by atoms with Gasteiger partial charge < -0.3 is 9.84 Å². The molecule has 0 saturated heterocycles. The van der Waals surface area contributed by atoms with E-state index in [9.17, 15) is 4.79 Å². The van der Waals surface area contributed by atoms with Crippen molar-refractivity contribution in [2.75, 3.05) is 6.61 Å². The summed E-state index contributed by atoms with van der Waals surface area (Å²) in [6, 6.07) is 7.21. The average molecular weight is 310 g/mol. The molecule has 0 aliphatic carbocycles. The molecule has 0 amide bonds. The first-order valence-corrected chi connectivity index (χ1v) is 7.07. The van der Waals surface area contributed by atoms with Gasteiger partial charge in [-0.15, -0.1) is 11.3 Å². The van der Waals surface area contributed by atoms with Gasteiger partial charge in [-0.25, -0.2) is 9.78 Å². The van der Waals surface area contributed by atoms with E-state index in [1.807, 2.05) is 12.1 Å². The topological polar surface area (TPSA) is 59.4 Å². The normalized spacial score (nSPS) is 10.8. The second kappa shape index (κ2) is 7.07. The molecule has 0 bridgehead atoms. The third kappa shape index (κ3) is 4.68. The van der Waals surface area contributed by atoms with E-state index in [4.69, 9.17) is 21.4 Å². The van der Waals surface area contributed by atoms with E-state index in [2.05, 4.69) is 4.98 Å². The molecule has 4 nitrogen and oxygen atoms in total. The van der Waals surface area contributed by atoms with Gasteiger partial charge in [0.25, 0.3) is 0 Å². The summed E-state index contributed by atoms with van der Waals surface area (Å²) in [5.74, 6) is -0.246. The smallest absolute Gasteiger partial charge is 0.328 e. The number of aliphatic carboxylic acids is 1. The maximum absolute atomic E-state index is 10.4. The molecule has 1 aromatic carbocycles. The average Bonchev–Trinajstić information content (AvgIpc) is 2.84. The van der Waals surface area contributed by atoms with Gasteiger partial charge in [-0.2, -0.15) is 0 Å². The molecule has 0 radical (unpaired) electrons. The van der Waals surface area contributed by atoms with Crippen LogP contribution in [0.4, 0.5) is 0 Å². The summed E-state index contributed by atoms with van der Waals surface area (Å²) in [5, 5.41) is 10.1. The highest BCUT2D eigenvalue weighted by molar-refractivity contribution is 7.12. The largest absolute Gasteiger partial charge is 0.493 e. The van der Waals surface area contributed by atoms with Gasteiger partial charge in [-0.05, 0) is 24.3 Å². The molecule has 104 valence electrons. The van der Waals surface area contributed by atoms with Crippen LogP contribution in [0.15, 0.2) is 36.5 Å². The Morgan fingerprint density at radius 3 is 3.10 bits per heavy atom. The van der Waals surface area contributed by atoms with Crippen LogP contribution < -0.4 is 4.74 Å². The van der Waals surface area contributed by atoms with Crippen molar-refractivity contribution >= 4 is 35.0 Å². The minimum Gasteiger partial charge on any atom is -0.493 e. The molecule has 2 rings (SSSR count). The van der Waals surface area contributed by atoms with Gasteiger partial charge in [0.05, 0.1) is 11.6 Å². The lowest BCUT2D eigenvalue weighted by Gasteiger charge is -2.04. The van der Waals surface area contributed by atoms with Crippen molar-refractivity contribution in [3.05, 3.63) is 51.4 Å². The summed E-state index contributed by atoms with van der Waals surface area (Å²) < 4.78 is 5.57. The first-order chi connectivity index (χ1) is 9.63. The predicted molar refractivity (Wildman–Crippen MR) is 79.4 cm³/mol. The van der Waals surface area contributed by atoms with Crippen molar-refractivity contribution in [1.29, 1.82) is 0 Å². The van der Waals surface area contributed by atoms with Crippen molar-refractivity contribution < 1.29 is 14.6 Å². The lowest BCUT2D eigenvalue weighted by molar-refractivity contribution is -0.131. The lowest BCUT2D eigenvalue weighted by atomic mass is 10.3. The quantitative estimate of drug-likeness (QED) is 0.829. The zero-order chi connectivity index (χ0) is 14.4. The number of halogens is 1. The predicted octanol–water partition coefficient (Wildman–Crippen LogP) is 3.52. The number of benzene rings is 1. The molecule has 6 heteroatoms. The molecule has 1 aromatic heterocycles. The van der Waals surface area contributed by atoms with Crippen LogP contribution in [-0.4, -0.2) is 22.7 Å². The molecule has 0 saturated carbocycles. The lowest BCUT2D eigenvalue weighted by Crippen LogP contribution is -2.00. The van der Waals surface area contributed by atoms with Gasteiger partial charge >= 0.3 is 5.97 Å². The van der Waals surface area contributed by atoms with Crippen LogP contribution in [0.3, 0.4) is 0 Å². The first-order valence-electron chi connectivity index (χ1n) is 5.87.